The molecule has 0 aromatic heterocycles. The summed E-state index contributed by atoms with van der Waals surface area (Å²) in [7, 11) is 0. The van der Waals surface area contributed by atoms with E-state index in [0.717, 1.165) is 64.4 Å². The van der Waals surface area contributed by atoms with Crippen molar-refractivity contribution in [3.8, 4) is 0 Å². The maximum atomic E-state index is 14.0. The molecular weight excluding hydrogens is 640 g/mol. The number of ether oxygens (including phenoxy) is 3. The molecule has 1 N–H and O–H groups in total. The van der Waals surface area contributed by atoms with Crippen LogP contribution in [0.15, 0.2) is 21.9 Å². The summed E-state index contributed by atoms with van der Waals surface area (Å²) in [6.45, 7) is 18.8. The third-order valence-corrected chi connectivity index (χ3v) is 15.2. The highest BCUT2D eigenvalue weighted by atomic mass is 16.7. The molecule has 4 aliphatic carbocycles. The summed E-state index contributed by atoms with van der Waals surface area (Å²) in [5.74, 6) is 2.78. The van der Waals surface area contributed by atoms with Crippen LogP contribution in [0.3, 0.4) is 0 Å². The van der Waals surface area contributed by atoms with E-state index in [9.17, 15) is 9.59 Å². The van der Waals surface area contributed by atoms with Gasteiger partial charge in [0, 0.05) is 30.6 Å². The van der Waals surface area contributed by atoms with E-state index in [1.54, 1.807) is 13.1 Å². The van der Waals surface area contributed by atoms with E-state index >= 15 is 0 Å². The van der Waals surface area contributed by atoms with E-state index in [2.05, 4.69) is 56.6 Å². The molecule has 4 saturated carbocycles. The fraction of sp³-hybridized carbons (Fsp3) is 0.857. The summed E-state index contributed by atoms with van der Waals surface area (Å²) in [4.78, 5) is 36.2. The monoisotopic (exact) mass is 709 g/mol. The van der Waals surface area contributed by atoms with Gasteiger partial charge in [-0.3, -0.25) is 9.98 Å². The van der Waals surface area contributed by atoms with Gasteiger partial charge in [0.2, 0.25) is 0 Å². The summed E-state index contributed by atoms with van der Waals surface area (Å²) in [5.41, 5.74) is 0.686. The molecule has 6 aliphatic rings. The number of esters is 1. The molecule has 11 atom stereocenters. The molecule has 9 heteroatoms. The first-order chi connectivity index (χ1) is 24.5. The smallest absolute Gasteiger partial charge is 0.358 e. The van der Waals surface area contributed by atoms with E-state index in [1.165, 1.54) is 44.7 Å². The van der Waals surface area contributed by atoms with Crippen LogP contribution in [-0.4, -0.2) is 73.6 Å². The molecule has 0 unspecified atom stereocenters. The van der Waals surface area contributed by atoms with Gasteiger partial charge in [-0.15, -0.1) is 0 Å². The summed E-state index contributed by atoms with van der Waals surface area (Å²) in [5, 5.41) is 3.49. The molecule has 0 radical (unpaired) electrons. The molecule has 6 fully saturated rings. The van der Waals surface area contributed by atoms with Crippen LogP contribution < -0.4 is 5.32 Å². The lowest BCUT2D eigenvalue weighted by molar-refractivity contribution is -0.272. The predicted molar refractivity (Wildman–Crippen MR) is 203 cm³/mol. The second kappa shape index (κ2) is 16.0. The number of carbonyl (C=O) groups excluding carboxylic acids is 2. The predicted octanol–water partition coefficient (Wildman–Crippen LogP) is 8.71. The topological polar surface area (TPSA) is 102 Å². The number of hydrogen-bond acceptors (Lipinski definition) is 7. The lowest BCUT2D eigenvalue weighted by atomic mass is 9.51. The van der Waals surface area contributed by atoms with Crippen LogP contribution in [0, 0.1) is 46.3 Å². The molecule has 0 bridgehead atoms. The molecule has 0 aromatic rings. The van der Waals surface area contributed by atoms with Crippen LogP contribution in [0.4, 0.5) is 4.79 Å². The van der Waals surface area contributed by atoms with Crippen LogP contribution in [-0.2, 0) is 19.0 Å². The van der Waals surface area contributed by atoms with E-state index < -0.39 is 5.97 Å². The van der Waals surface area contributed by atoms with Crippen molar-refractivity contribution in [1.82, 2.24) is 10.2 Å². The Morgan fingerprint density at radius 2 is 1.75 bits per heavy atom. The summed E-state index contributed by atoms with van der Waals surface area (Å²) >= 11 is 0. The normalized spacial score (nSPS) is 41.6. The molecule has 0 aromatic carbocycles. The van der Waals surface area contributed by atoms with Gasteiger partial charge in [-0.1, -0.05) is 60.3 Å². The van der Waals surface area contributed by atoms with E-state index in [4.69, 9.17) is 14.2 Å². The third kappa shape index (κ3) is 7.59. The minimum atomic E-state index is -0.570. The van der Waals surface area contributed by atoms with E-state index in [0.29, 0.717) is 53.6 Å². The summed E-state index contributed by atoms with van der Waals surface area (Å²) < 4.78 is 19.0. The van der Waals surface area contributed by atoms with Crippen LogP contribution in [0.1, 0.15) is 138 Å². The number of nitrogens with zero attached hydrogens (tertiary/aromatic N) is 3. The Morgan fingerprint density at radius 3 is 2.43 bits per heavy atom. The average molecular weight is 709 g/mol. The van der Waals surface area contributed by atoms with Crippen LogP contribution in [0.5, 0.6) is 0 Å². The van der Waals surface area contributed by atoms with Gasteiger partial charge in [0.1, 0.15) is 6.61 Å². The zero-order valence-electron chi connectivity index (χ0n) is 32.7. The maximum absolute atomic E-state index is 14.0. The highest BCUT2D eigenvalue weighted by Gasteiger charge is 2.66. The van der Waals surface area contributed by atoms with Crippen molar-refractivity contribution < 1.29 is 23.8 Å². The van der Waals surface area contributed by atoms with Gasteiger partial charge in [-0.2, -0.15) is 0 Å². The standard InChI is InChI=1S/C42H68N4O5/c1-8-30-24-33(45-39(48)46(34-13-11-10-12-14-34)21-22-49-38(47)35(43-7)26-44-9-2)17-19-40(30,5)31-16-18-41(6)32(23-31)25-36-37(41)29(4)42(51-36)20-15-28(3)27-50-42/h9,26,28-34,36-37H,7-8,10-25,27H2,1-6H3,(H,45,48)/b35-26-,44-9-/t28-,29-,30+,31-,32+,33+,36-,37-,40-,41-,42+/m0/s1. The number of rotatable bonds is 10. The molecule has 2 saturated heterocycles. The number of carbonyl (C=O) groups is 2. The zero-order chi connectivity index (χ0) is 36.4. The van der Waals surface area contributed by atoms with Crippen molar-refractivity contribution in [1.29, 1.82) is 0 Å². The molecule has 6 rings (SSSR count). The highest BCUT2D eigenvalue weighted by Crippen LogP contribution is 2.67. The van der Waals surface area contributed by atoms with Gasteiger partial charge in [0.15, 0.2) is 11.5 Å². The minimum Gasteiger partial charge on any atom is -0.459 e. The Hall–Kier alpha value is -2.26. The molecule has 9 nitrogen and oxygen atoms in total. The van der Waals surface area contributed by atoms with Gasteiger partial charge >= 0.3 is 12.0 Å². The molecule has 51 heavy (non-hydrogen) atoms. The molecule has 2 aliphatic heterocycles. The van der Waals surface area contributed by atoms with Crippen molar-refractivity contribution >= 4 is 24.9 Å². The quantitative estimate of drug-likeness (QED) is 0.139. The van der Waals surface area contributed by atoms with Crippen LogP contribution in [0.2, 0.25) is 0 Å². The Morgan fingerprint density at radius 1 is 0.980 bits per heavy atom. The van der Waals surface area contributed by atoms with Gasteiger partial charge in [-0.25, -0.2) is 9.59 Å². The van der Waals surface area contributed by atoms with Crippen LogP contribution >= 0.6 is 0 Å². The van der Waals surface area contributed by atoms with Crippen molar-refractivity contribution in [2.75, 3.05) is 19.8 Å². The number of urea groups is 1. The molecule has 2 heterocycles. The third-order valence-electron chi connectivity index (χ3n) is 15.2. The number of aliphatic imine (C=N–C) groups is 2. The van der Waals surface area contributed by atoms with Crippen molar-refractivity contribution in [2.24, 2.45) is 56.3 Å². The Bertz CT molecular complexity index is 1300. The Labute approximate surface area is 308 Å². The van der Waals surface area contributed by atoms with Gasteiger partial charge < -0.3 is 24.4 Å². The number of fused-ring (bicyclic) bond motifs is 3. The first kappa shape index (κ1) is 38.5. The number of amides is 2. The number of hydrogen-bond donors (Lipinski definition) is 1. The maximum Gasteiger partial charge on any atom is 0.358 e. The van der Waals surface area contributed by atoms with Gasteiger partial charge in [0.05, 0.1) is 25.5 Å². The molecular formula is C42H68N4O5. The Kier molecular flexibility index (Phi) is 12.1. The van der Waals surface area contributed by atoms with Gasteiger partial charge in [-0.05, 0) is 118 Å². The number of nitrogens with one attached hydrogen (secondary N) is 1. The highest BCUT2D eigenvalue weighted by molar-refractivity contribution is 5.89. The molecule has 2 amide bonds. The van der Waals surface area contributed by atoms with Crippen LogP contribution in [0.25, 0.3) is 0 Å². The first-order valence-corrected chi connectivity index (χ1v) is 20.7. The van der Waals surface area contributed by atoms with Crippen molar-refractivity contribution in [3.05, 3.63) is 11.9 Å². The average Bonchev–Trinajstić information content (AvgIpc) is 3.57. The van der Waals surface area contributed by atoms with E-state index in [-0.39, 0.29) is 41.6 Å². The zero-order valence-corrected chi connectivity index (χ0v) is 32.7. The second-order valence-corrected chi connectivity index (χ2v) is 17.9. The van der Waals surface area contributed by atoms with Gasteiger partial charge in [0.25, 0.3) is 0 Å². The first-order valence-electron chi connectivity index (χ1n) is 20.7. The fourth-order valence-corrected chi connectivity index (χ4v) is 12.1. The summed E-state index contributed by atoms with van der Waals surface area (Å²) in [6, 6.07) is 0.325. The lowest BCUT2D eigenvalue weighted by Crippen LogP contribution is -2.54. The molecule has 286 valence electrons. The molecule has 1 spiro atoms. The van der Waals surface area contributed by atoms with E-state index in [1.807, 2.05) is 4.90 Å². The SMILES string of the molecule is C=N/C(=C\N=C/C)C(=O)OCCN(C(=O)N[C@@H]1CC[C@](C)([C@H]2CC[C@@]3(C)[C@H](C2)C[C@@H]2O[C@]4(CC[C@H](C)CO4)[C@@H](C)[C@@H]23)[C@H](CC)C1)C1CCCCC1. The lowest BCUT2D eigenvalue weighted by Gasteiger charge is -2.55. The Balaban J connectivity index is 1.06. The largest absolute Gasteiger partial charge is 0.459 e. The minimum absolute atomic E-state index is 0.0103. The van der Waals surface area contributed by atoms with Crippen molar-refractivity contribution in [2.45, 2.75) is 162 Å². The summed E-state index contributed by atoms with van der Waals surface area (Å²) in [6.07, 6.45) is 20.4. The fourth-order valence-electron chi connectivity index (χ4n) is 12.1. The second-order valence-electron chi connectivity index (χ2n) is 17.9. The van der Waals surface area contributed by atoms with Crippen molar-refractivity contribution in [3.63, 3.8) is 0 Å².